The molecule has 2 atom stereocenters. The molecule has 15 aromatic rings. The van der Waals surface area contributed by atoms with Crippen molar-refractivity contribution in [3.05, 3.63) is 270 Å². The van der Waals surface area contributed by atoms with Gasteiger partial charge in [-0.25, -0.2) is 4.98 Å². The van der Waals surface area contributed by atoms with E-state index in [-0.39, 0.29) is 51.5 Å². The van der Waals surface area contributed by atoms with E-state index in [9.17, 15) is 5.48 Å². The molecule has 0 saturated heterocycles. The number of rotatable bonds is 4. The van der Waals surface area contributed by atoms with Crippen LogP contribution < -0.4 is 0 Å². The second kappa shape index (κ2) is 14.1. The molecule has 5 aromatic heterocycles. The van der Waals surface area contributed by atoms with Crippen LogP contribution in [0.15, 0.2) is 236 Å². The van der Waals surface area contributed by atoms with Gasteiger partial charge in [-0.05, 0) is 94.0 Å². The fourth-order valence-electron chi connectivity index (χ4n) is 13.1. The van der Waals surface area contributed by atoms with Crippen LogP contribution in [0.4, 0.5) is 0 Å². The lowest BCUT2D eigenvalue weighted by Gasteiger charge is -2.43. The van der Waals surface area contributed by atoms with Gasteiger partial charge in [0, 0.05) is 72.7 Å². The van der Waals surface area contributed by atoms with Crippen LogP contribution in [0.1, 0.15) is 56.2 Å². The van der Waals surface area contributed by atoms with Gasteiger partial charge in [0.1, 0.15) is 11.6 Å². The van der Waals surface area contributed by atoms with Gasteiger partial charge in [-0.3, -0.25) is 9.13 Å². The number of benzene rings is 10. The van der Waals surface area contributed by atoms with Gasteiger partial charge in [-0.2, -0.15) is 0 Å². The summed E-state index contributed by atoms with van der Waals surface area (Å²) in [5.41, 5.74) is 15.4. The second-order valence-electron chi connectivity index (χ2n) is 19.2. The minimum atomic E-state index is -0.503. The Balaban J connectivity index is 1.01. The van der Waals surface area contributed by atoms with Gasteiger partial charge < -0.3 is 9.13 Å². The number of hydrogen-bond donors (Lipinski definition) is 0. The molecule has 10 aromatic carbocycles. The summed E-state index contributed by atoms with van der Waals surface area (Å²) in [7, 11) is 0. The van der Waals surface area contributed by atoms with Crippen LogP contribution in [0.3, 0.4) is 0 Å². The van der Waals surface area contributed by atoms with Crippen LogP contribution in [-0.2, 0) is 0 Å². The summed E-state index contributed by atoms with van der Waals surface area (Å²) in [6, 6.07) is 62.7. The predicted octanol–water partition coefficient (Wildman–Crippen LogP) is 16.5. The molecule has 3 aliphatic carbocycles. The minimum Gasteiger partial charge on any atom is -0.309 e. The van der Waals surface area contributed by atoms with Crippen molar-refractivity contribution in [1.82, 2.24) is 23.3 Å². The average molecular weight is 924 g/mol. The summed E-state index contributed by atoms with van der Waals surface area (Å²) in [6.07, 6.45) is 0. The molecule has 18 rings (SSSR count). The molecule has 5 heteroatoms. The number of hydrogen-bond acceptors (Lipinski definition) is 1. The van der Waals surface area contributed by atoms with E-state index in [0.29, 0.717) is 11.5 Å². The Morgan fingerprint density at radius 3 is 1.29 bits per heavy atom. The lowest BCUT2D eigenvalue weighted by molar-refractivity contribution is 0.768. The highest BCUT2D eigenvalue weighted by Gasteiger charge is 2.44. The van der Waals surface area contributed by atoms with Crippen LogP contribution in [0.25, 0.3) is 110 Å². The molecular weight excluding hydrogens is 875 g/mol. The fraction of sp³-hybridized carbons (Fsp3) is 0.0299. The van der Waals surface area contributed by atoms with Gasteiger partial charge >= 0.3 is 0 Å². The summed E-state index contributed by atoms with van der Waals surface area (Å²) in [5.74, 6) is 0.502. The Morgan fingerprint density at radius 1 is 0.306 bits per heavy atom. The smallest absolute Gasteiger partial charge is 0.142 e. The Morgan fingerprint density at radius 2 is 0.722 bits per heavy atom. The van der Waals surface area contributed by atoms with Crippen molar-refractivity contribution in [1.29, 1.82) is 0 Å². The highest BCUT2D eigenvalue weighted by atomic mass is 15.1. The Hall–Kier alpha value is -9.45. The third kappa shape index (κ3) is 4.89. The van der Waals surface area contributed by atoms with Crippen LogP contribution >= 0.6 is 0 Å². The first-order valence-corrected chi connectivity index (χ1v) is 24.4. The summed E-state index contributed by atoms with van der Waals surface area (Å²) >= 11 is 0. The van der Waals surface area contributed by atoms with Crippen molar-refractivity contribution in [2.24, 2.45) is 0 Å². The van der Waals surface area contributed by atoms with Crippen LogP contribution in [0.2, 0.25) is 0 Å². The van der Waals surface area contributed by atoms with E-state index < -0.39 is 36.3 Å². The molecular formula is C67H41N5. The zero-order valence-electron chi connectivity index (χ0n) is 46.3. The lowest BCUT2D eigenvalue weighted by Crippen LogP contribution is -2.28. The van der Waals surface area contributed by atoms with Gasteiger partial charge in [-0.15, -0.1) is 0 Å². The molecule has 0 fully saturated rings. The van der Waals surface area contributed by atoms with E-state index >= 15 is 0 Å². The Bertz CT molecular complexity index is 5190. The molecule has 0 N–H and O–H groups in total. The van der Waals surface area contributed by atoms with Crippen LogP contribution in [0, 0.1) is 0 Å². The molecule has 0 aliphatic heterocycles. The first-order valence-electron chi connectivity index (χ1n) is 28.4. The molecule has 5 heterocycles. The normalized spacial score (nSPS) is 16.5. The number of pyridine rings is 1. The molecule has 72 heavy (non-hydrogen) atoms. The fourth-order valence-corrected chi connectivity index (χ4v) is 13.1. The number of fused-ring (bicyclic) bond motifs is 12. The largest absolute Gasteiger partial charge is 0.309 e. The summed E-state index contributed by atoms with van der Waals surface area (Å²) in [6.45, 7) is 0. The first kappa shape index (κ1) is 31.6. The highest BCUT2D eigenvalue weighted by Crippen LogP contribution is 2.60. The zero-order valence-corrected chi connectivity index (χ0v) is 38.3. The number of aromatic nitrogens is 5. The maximum absolute atomic E-state index is 9.52. The van der Waals surface area contributed by atoms with Crippen LogP contribution in [0.5, 0.6) is 0 Å². The SMILES string of the molecule is [2H]c1c([2H])c([2H])c2c(c1[2H])c1c([2H])c([2H])c([2H])c([2H])c1n2-c1cc(-n2c3ccccc3c3ccccc32)cc(-n2c3ccccc3c3c4c(ccc32)C2c3ccccc3C4c3c2ccc2c3c3ccccc3n2-c2ccccc2)n1. The maximum atomic E-state index is 9.52. The first-order chi connectivity index (χ1) is 39.1. The Labute approximate surface area is 424 Å². The molecule has 0 amide bonds. The molecule has 0 saturated carbocycles. The van der Waals surface area contributed by atoms with E-state index in [4.69, 9.17) is 10.5 Å². The van der Waals surface area contributed by atoms with Crippen LogP contribution in [-0.4, -0.2) is 23.3 Å². The average Bonchev–Trinajstić information content (AvgIpc) is 4.35. The second-order valence-corrected chi connectivity index (χ2v) is 19.2. The standard InChI is InChI=1S/C67H41N5/c1-2-18-40(19-3-1)69-56-32-16-10-26-48(56)63-58(69)36-34-50-62-46-24-4-5-25-47(46)65(66(50)63)67-51(62)35-37-59-64(67)49-27-11-17-33-57(49)72(59)61-39-41(70-52-28-12-6-20-42(52)43-21-7-13-29-53(43)70)38-60(68-61)71-54-30-14-8-22-44(54)45-23-9-15-31-55(45)71/h1-39,62,65H/i8D,9D,14D,15D,22D,23D,30D,31D. The number of nitrogens with zero attached hydrogens (tertiary/aromatic N) is 5. The molecule has 2 unspecified atom stereocenters. The predicted molar refractivity (Wildman–Crippen MR) is 296 cm³/mol. The van der Waals surface area contributed by atoms with E-state index in [1.807, 2.05) is 36.4 Å². The Kier molecular flexibility index (Phi) is 6.19. The maximum Gasteiger partial charge on any atom is 0.142 e. The van der Waals surface area contributed by atoms with Gasteiger partial charge in [0.2, 0.25) is 0 Å². The van der Waals surface area contributed by atoms with Crippen molar-refractivity contribution in [2.75, 3.05) is 0 Å². The third-order valence-corrected chi connectivity index (χ3v) is 15.8. The van der Waals surface area contributed by atoms with Gasteiger partial charge in [-0.1, -0.05) is 164 Å². The monoisotopic (exact) mass is 923 g/mol. The molecule has 0 radical (unpaired) electrons. The van der Waals surface area contributed by atoms with Gasteiger partial charge in [0.05, 0.1) is 60.8 Å². The topological polar surface area (TPSA) is 32.6 Å². The molecule has 2 bridgehead atoms. The summed E-state index contributed by atoms with van der Waals surface area (Å²) in [5, 5.41) is 6.62. The highest BCUT2D eigenvalue weighted by molar-refractivity contribution is 6.16. The van der Waals surface area contributed by atoms with Crippen molar-refractivity contribution < 1.29 is 11.0 Å². The van der Waals surface area contributed by atoms with Crippen molar-refractivity contribution in [3.8, 4) is 23.0 Å². The molecule has 334 valence electrons. The van der Waals surface area contributed by atoms with E-state index in [1.165, 1.54) is 48.7 Å². The van der Waals surface area contributed by atoms with Gasteiger partial charge in [0.25, 0.3) is 0 Å². The van der Waals surface area contributed by atoms with E-state index in [2.05, 4.69) is 165 Å². The van der Waals surface area contributed by atoms with Gasteiger partial charge in [0.15, 0.2) is 0 Å². The molecule has 0 spiro atoms. The zero-order chi connectivity index (χ0) is 53.7. The van der Waals surface area contributed by atoms with E-state index in [1.54, 1.807) is 0 Å². The van der Waals surface area contributed by atoms with Crippen molar-refractivity contribution in [2.45, 2.75) is 11.8 Å². The van der Waals surface area contributed by atoms with E-state index in [0.717, 1.165) is 60.3 Å². The van der Waals surface area contributed by atoms with Crippen molar-refractivity contribution in [3.63, 3.8) is 0 Å². The molecule has 3 aliphatic rings. The van der Waals surface area contributed by atoms with Crippen molar-refractivity contribution >= 4 is 87.2 Å². The number of para-hydroxylation sites is 7. The summed E-state index contributed by atoms with van der Waals surface area (Å²) in [4.78, 5) is 5.58. The molecule has 5 nitrogen and oxygen atoms in total. The summed E-state index contributed by atoms with van der Waals surface area (Å²) < 4.78 is 81.5. The minimum absolute atomic E-state index is 0.000375. The third-order valence-electron chi connectivity index (χ3n) is 15.8. The quantitative estimate of drug-likeness (QED) is 0.173. The lowest BCUT2D eigenvalue weighted by atomic mass is 9.59.